The van der Waals surface area contributed by atoms with Crippen LogP contribution in [0.5, 0.6) is 11.5 Å². The van der Waals surface area contributed by atoms with Crippen LogP contribution in [0.2, 0.25) is 0 Å². The van der Waals surface area contributed by atoms with Gasteiger partial charge in [-0.3, -0.25) is 4.79 Å². The Bertz CT molecular complexity index is 669. The minimum absolute atomic E-state index is 0.00258. The maximum Gasteiger partial charge on any atom is 0.341 e. The van der Waals surface area contributed by atoms with Crippen LogP contribution in [0.3, 0.4) is 0 Å². The summed E-state index contributed by atoms with van der Waals surface area (Å²) in [6.45, 7) is -0.481. The molecule has 0 atom stereocenters. The number of esters is 2. The maximum atomic E-state index is 11.8. The minimum atomic E-state index is -3.51. The molecule has 9 heteroatoms. The first-order valence-electron chi connectivity index (χ1n) is 6.07. The molecule has 0 unspecified atom stereocenters. The van der Waals surface area contributed by atoms with Gasteiger partial charge in [-0.1, -0.05) is 0 Å². The van der Waals surface area contributed by atoms with E-state index in [1.54, 1.807) is 0 Å². The number of likely N-dealkylation sites (N-methyl/N-ethyl adjacent to an activating group) is 1. The highest BCUT2D eigenvalue weighted by atomic mass is 32.2. The van der Waals surface area contributed by atoms with Crippen LogP contribution >= 0.6 is 0 Å². The first-order chi connectivity index (χ1) is 10.2. The third-order valence-corrected chi connectivity index (χ3v) is 4.00. The van der Waals surface area contributed by atoms with Gasteiger partial charge in [-0.2, -0.15) is 4.31 Å². The van der Waals surface area contributed by atoms with Gasteiger partial charge in [0.2, 0.25) is 10.0 Å². The third kappa shape index (κ3) is 4.71. The van der Waals surface area contributed by atoms with E-state index in [4.69, 9.17) is 9.47 Å². The van der Waals surface area contributed by atoms with Crippen molar-refractivity contribution in [2.45, 2.75) is 0 Å². The standard InChI is InChI=1S/C13H17NO7S/c1-14(22(4,17)18)8-12(15)21-11-6-5-9(19-2)7-10(11)13(16)20-3/h5-7H,8H2,1-4H3. The summed E-state index contributed by atoms with van der Waals surface area (Å²) in [7, 11) is 0.336. The Labute approximate surface area is 128 Å². The van der Waals surface area contributed by atoms with Gasteiger partial charge in [0, 0.05) is 7.05 Å². The Morgan fingerprint density at radius 2 is 1.86 bits per heavy atom. The zero-order valence-corrected chi connectivity index (χ0v) is 13.5. The fourth-order valence-corrected chi connectivity index (χ4v) is 1.79. The molecule has 0 aliphatic heterocycles. The summed E-state index contributed by atoms with van der Waals surface area (Å²) in [4.78, 5) is 23.5. The predicted molar refractivity (Wildman–Crippen MR) is 77.4 cm³/mol. The average Bonchev–Trinajstić information content (AvgIpc) is 2.45. The van der Waals surface area contributed by atoms with Gasteiger partial charge in [0.1, 0.15) is 23.6 Å². The molecule has 0 amide bonds. The highest BCUT2D eigenvalue weighted by molar-refractivity contribution is 7.88. The van der Waals surface area contributed by atoms with Gasteiger partial charge in [0.15, 0.2) is 0 Å². The molecule has 0 saturated carbocycles. The van der Waals surface area contributed by atoms with E-state index < -0.39 is 28.5 Å². The zero-order chi connectivity index (χ0) is 16.9. The van der Waals surface area contributed by atoms with Gasteiger partial charge in [-0.25, -0.2) is 13.2 Å². The first kappa shape index (κ1) is 17.9. The van der Waals surface area contributed by atoms with E-state index >= 15 is 0 Å². The van der Waals surface area contributed by atoms with Crippen LogP contribution in [0.4, 0.5) is 0 Å². The zero-order valence-electron chi connectivity index (χ0n) is 12.7. The fraction of sp³-hybridized carbons (Fsp3) is 0.385. The molecule has 0 bridgehead atoms. The lowest BCUT2D eigenvalue weighted by molar-refractivity contribution is -0.134. The van der Waals surface area contributed by atoms with Crippen LogP contribution in [0.1, 0.15) is 10.4 Å². The summed E-state index contributed by atoms with van der Waals surface area (Å²) < 4.78 is 37.9. The highest BCUT2D eigenvalue weighted by Gasteiger charge is 2.20. The molecule has 8 nitrogen and oxygen atoms in total. The summed E-state index contributed by atoms with van der Waals surface area (Å²) in [5.41, 5.74) is -0.00258. The fourth-order valence-electron chi connectivity index (χ4n) is 1.45. The molecule has 1 aromatic carbocycles. The average molecular weight is 331 g/mol. The summed E-state index contributed by atoms with van der Waals surface area (Å²) in [6, 6.07) is 4.22. The quantitative estimate of drug-likeness (QED) is 0.545. The Kier molecular flexibility index (Phi) is 5.89. The second-order valence-corrected chi connectivity index (χ2v) is 6.44. The molecule has 0 spiro atoms. The number of methoxy groups -OCH3 is 2. The van der Waals surface area contributed by atoms with Crippen molar-refractivity contribution in [1.29, 1.82) is 0 Å². The summed E-state index contributed by atoms with van der Waals surface area (Å²) in [5, 5.41) is 0. The van der Waals surface area contributed by atoms with Crippen LogP contribution < -0.4 is 9.47 Å². The lowest BCUT2D eigenvalue weighted by atomic mass is 10.2. The number of sulfonamides is 1. The van der Waals surface area contributed by atoms with E-state index in [9.17, 15) is 18.0 Å². The molecule has 0 radical (unpaired) electrons. The number of hydrogen-bond acceptors (Lipinski definition) is 7. The van der Waals surface area contributed by atoms with Crippen molar-refractivity contribution in [2.75, 3.05) is 34.1 Å². The van der Waals surface area contributed by atoms with Crippen LogP contribution in [0.25, 0.3) is 0 Å². The van der Waals surface area contributed by atoms with E-state index in [0.717, 1.165) is 10.6 Å². The van der Waals surface area contributed by atoms with Crippen LogP contribution in [-0.2, 0) is 19.6 Å². The van der Waals surface area contributed by atoms with Gasteiger partial charge >= 0.3 is 11.9 Å². The van der Waals surface area contributed by atoms with Gasteiger partial charge < -0.3 is 14.2 Å². The Balaban J connectivity index is 2.97. The number of carbonyl (C=O) groups excluding carboxylic acids is 2. The molecule has 0 aliphatic carbocycles. The van der Waals surface area contributed by atoms with Crippen molar-refractivity contribution >= 4 is 22.0 Å². The van der Waals surface area contributed by atoms with E-state index in [2.05, 4.69) is 4.74 Å². The van der Waals surface area contributed by atoms with Crippen molar-refractivity contribution in [2.24, 2.45) is 0 Å². The van der Waals surface area contributed by atoms with Crippen LogP contribution in [-0.4, -0.2) is 58.7 Å². The van der Waals surface area contributed by atoms with Crippen molar-refractivity contribution in [3.8, 4) is 11.5 Å². The summed E-state index contributed by atoms with van der Waals surface area (Å²) >= 11 is 0. The molecule has 0 aromatic heterocycles. The number of benzene rings is 1. The molecular weight excluding hydrogens is 314 g/mol. The van der Waals surface area contributed by atoms with E-state index in [0.29, 0.717) is 5.75 Å². The number of ether oxygens (including phenoxy) is 3. The Morgan fingerprint density at radius 3 is 2.36 bits per heavy atom. The number of nitrogens with zero attached hydrogens (tertiary/aromatic N) is 1. The molecule has 0 heterocycles. The molecule has 1 rings (SSSR count). The first-order valence-corrected chi connectivity index (χ1v) is 7.92. The molecule has 0 aliphatic rings. The number of hydrogen-bond donors (Lipinski definition) is 0. The minimum Gasteiger partial charge on any atom is -0.497 e. The second kappa shape index (κ2) is 7.23. The Hall–Kier alpha value is -2.13. The topological polar surface area (TPSA) is 99.2 Å². The van der Waals surface area contributed by atoms with E-state index in [1.165, 1.54) is 39.5 Å². The molecule has 0 saturated heterocycles. The number of carbonyl (C=O) groups is 2. The van der Waals surface area contributed by atoms with Crippen LogP contribution in [0.15, 0.2) is 18.2 Å². The second-order valence-electron chi connectivity index (χ2n) is 4.35. The predicted octanol–water partition coefficient (Wildman–Crippen LogP) is 0.279. The molecule has 122 valence electrons. The van der Waals surface area contributed by atoms with E-state index in [1.807, 2.05) is 0 Å². The third-order valence-electron chi connectivity index (χ3n) is 2.73. The smallest absolute Gasteiger partial charge is 0.341 e. The lowest BCUT2D eigenvalue weighted by Crippen LogP contribution is -2.33. The highest BCUT2D eigenvalue weighted by Crippen LogP contribution is 2.25. The largest absolute Gasteiger partial charge is 0.497 e. The molecule has 0 fully saturated rings. The summed E-state index contributed by atoms with van der Waals surface area (Å²) in [6.07, 6.45) is 0.966. The van der Waals surface area contributed by atoms with Gasteiger partial charge in [-0.05, 0) is 18.2 Å². The van der Waals surface area contributed by atoms with Crippen LogP contribution in [0, 0.1) is 0 Å². The lowest BCUT2D eigenvalue weighted by Gasteiger charge is -2.14. The summed E-state index contributed by atoms with van der Waals surface area (Å²) in [5.74, 6) is -1.20. The maximum absolute atomic E-state index is 11.8. The van der Waals surface area contributed by atoms with Crippen molar-refractivity contribution in [3.63, 3.8) is 0 Å². The van der Waals surface area contributed by atoms with Gasteiger partial charge in [0.25, 0.3) is 0 Å². The van der Waals surface area contributed by atoms with Crippen molar-refractivity contribution < 1.29 is 32.2 Å². The molecule has 0 N–H and O–H groups in total. The number of rotatable bonds is 6. The van der Waals surface area contributed by atoms with Crippen molar-refractivity contribution in [3.05, 3.63) is 23.8 Å². The van der Waals surface area contributed by atoms with E-state index in [-0.39, 0.29) is 11.3 Å². The SMILES string of the molecule is COC(=O)c1cc(OC)ccc1OC(=O)CN(C)S(C)(=O)=O. The van der Waals surface area contributed by atoms with Crippen molar-refractivity contribution in [1.82, 2.24) is 4.31 Å². The Morgan fingerprint density at radius 1 is 1.23 bits per heavy atom. The normalized spacial score (nSPS) is 11.1. The van der Waals surface area contributed by atoms with Gasteiger partial charge in [0.05, 0.1) is 20.5 Å². The molecular formula is C13H17NO7S. The molecule has 22 heavy (non-hydrogen) atoms. The van der Waals surface area contributed by atoms with Gasteiger partial charge in [-0.15, -0.1) is 0 Å². The molecule has 1 aromatic rings. The monoisotopic (exact) mass is 331 g/mol.